The highest BCUT2D eigenvalue weighted by Gasteiger charge is 2.54. The predicted octanol–water partition coefficient (Wildman–Crippen LogP) is 4.07. The molecule has 2 saturated carbocycles. The first-order valence-electron chi connectivity index (χ1n) is 14.9. The fourth-order valence-corrected chi connectivity index (χ4v) is 6.43. The van der Waals surface area contributed by atoms with Crippen molar-refractivity contribution in [2.45, 2.75) is 69.6 Å². The number of hydrogen-bond donors (Lipinski definition) is 3. The zero-order valence-corrected chi connectivity index (χ0v) is 24.5. The summed E-state index contributed by atoms with van der Waals surface area (Å²) < 4.78 is 75.3. The second kappa shape index (κ2) is 11.8. The highest BCUT2D eigenvalue weighted by Crippen LogP contribution is 2.44. The first-order chi connectivity index (χ1) is 21.7. The third-order valence-electron chi connectivity index (χ3n) is 9.16. The van der Waals surface area contributed by atoms with Gasteiger partial charge >= 0.3 is 12.3 Å². The molecule has 0 bridgehead atoms. The molecule has 1 saturated heterocycles. The molecule has 3 fully saturated rings. The van der Waals surface area contributed by atoms with Gasteiger partial charge in [-0.25, -0.2) is 27.7 Å². The van der Waals surface area contributed by atoms with Crippen molar-refractivity contribution in [3.8, 4) is 0 Å². The van der Waals surface area contributed by atoms with Crippen molar-refractivity contribution in [3.05, 3.63) is 41.1 Å². The molecule has 3 aromatic heterocycles. The molecule has 13 nitrogen and oxygen atoms in total. The van der Waals surface area contributed by atoms with Crippen molar-refractivity contribution in [1.82, 2.24) is 40.4 Å². The SMILES string of the molecule is Cc1nonc1C(=O)N[C@H](c1cn2ncc([C@H](NC(=O)C3CN(C(=O)O)CC3C(F)(F)F)C3CC3)cc2n1)C1CCC(F)(F)CC1. The van der Waals surface area contributed by atoms with E-state index in [0.717, 1.165) is 0 Å². The van der Waals surface area contributed by atoms with Gasteiger partial charge < -0.3 is 20.6 Å². The maximum Gasteiger partial charge on any atom is 0.407 e. The van der Waals surface area contributed by atoms with Crippen molar-refractivity contribution < 1.29 is 46.1 Å². The van der Waals surface area contributed by atoms with Gasteiger partial charge in [-0.3, -0.25) is 9.59 Å². The van der Waals surface area contributed by atoms with Gasteiger partial charge in [-0.2, -0.15) is 18.3 Å². The highest BCUT2D eigenvalue weighted by molar-refractivity contribution is 5.93. The van der Waals surface area contributed by atoms with E-state index in [0.29, 0.717) is 34.6 Å². The number of nitrogens with one attached hydrogen (secondary N) is 2. The lowest BCUT2D eigenvalue weighted by Gasteiger charge is -2.33. The number of amides is 3. The standard InChI is InChI=1S/C28H31F5N8O5/c1-13-21(39-46-38-13)25(43)37-23(15-4-6-27(29,30)7-5-15)19-12-41-20(35-19)8-16(9-34-41)22(14-2-3-14)36-24(42)17-10-40(26(44)45)11-18(17)28(31,32)33/h8-9,12,14-15,17-18,22-23H,2-7,10-11H2,1H3,(H,36,42)(H,37,43)(H,44,45)/t17?,18?,22-,23+/m1/s1. The number of halogens is 5. The third-order valence-corrected chi connectivity index (χ3v) is 9.16. The summed E-state index contributed by atoms with van der Waals surface area (Å²) in [6.07, 6.45) is -2.33. The lowest BCUT2D eigenvalue weighted by atomic mass is 9.81. The van der Waals surface area contributed by atoms with Crippen molar-refractivity contribution in [2.75, 3.05) is 13.1 Å². The number of likely N-dealkylation sites (tertiary alicyclic amines) is 1. The van der Waals surface area contributed by atoms with Crippen LogP contribution in [0.4, 0.5) is 26.7 Å². The number of alkyl halides is 5. The van der Waals surface area contributed by atoms with E-state index in [4.69, 9.17) is 0 Å². The number of rotatable bonds is 8. The van der Waals surface area contributed by atoms with Gasteiger partial charge in [-0.05, 0) is 61.2 Å². The number of nitrogens with zero attached hydrogens (tertiary/aromatic N) is 6. The number of fused-ring (bicyclic) bond motifs is 1. The van der Waals surface area contributed by atoms with Crippen LogP contribution in [0.3, 0.4) is 0 Å². The molecule has 0 radical (unpaired) electrons. The van der Waals surface area contributed by atoms with Gasteiger partial charge in [0.15, 0.2) is 11.3 Å². The van der Waals surface area contributed by atoms with Crippen LogP contribution in [0.25, 0.3) is 5.65 Å². The highest BCUT2D eigenvalue weighted by atomic mass is 19.4. The smallest absolute Gasteiger partial charge is 0.407 e. The first-order valence-corrected chi connectivity index (χ1v) is 14.9. The van der Waals surface area contributed by atoms with Crippen LogP contribution in [0, 0.1) is 30.6 Å². The van der Waals surface area contributed by atoms with Crippen molar-refractivity contribution >= 4 is 23.6 Å². The lowest BCUT2D eigenvalue weighted by Crippen LogP contribution is -2.42. The molecule has 0 spiro atoms. The van der Waals surface area contributed by atoms with Crippen molar-refractivity contribution in [3.63, 3.8) is 0 Å². The second-order valence-electron chi connectivity index (χ2n) is 12.4. The van der Waals surface area contributed by atoms with Crippen molar-refractivity contribution in [2.24, 2.45) is 23.7 Å². The van der Waals surface area contributed by atoms with E-state index in [-0.39, 0.29) is 48.9 Å². The zero-order chi connectivity index (χ0) is 33.0. The van der Waals surface area contributed by atoms with Gasteiger partial charge in [0.2, 0.25) is 11.8 Å². The Hall–Kier alpha value is -4.38. The minimum atomic E-state index is -4.77. The van der Waals surface area contributed by atoms with Crippen molar-refractivity contribution in [1.29, 1.82) is 0 Å². The van der Waals surface area contributed by atoms with E-state index in [1.54, 1.807) is 12.3 Å². The molecule has 46 heavy (non-hydrogen) atoms. The van der Waals surface area contributed by atoms with E-state index < -0.39 is 67.0 Å². The zero-order valence-electron chi connectivity index (χ0n) is 24.5. The average molecular weight is 655 g/mol. The Bertz CT molecular complexity index is 1630. The minimum Gasteiger partial charge on any atom is -0.465 e. The summed E-state index contributed by atoms with van der Waals surface area (Å²) in [6, 6.07) is 0.137. The summed E-state index contributed by atoms with van der Waals surface area (Å²) in [5.74, 6) is -8.52. The van der Waals surface area contributed by atoms with Gasteiger partial charge in [0.05, 0.1) is 42.0 Å². The Labute approximate surface area is 257 Å². The van der Waals surface area contributed by atoms with Crippen LogP contribution in [0.2, 0.25) is 0 Å². The molecule has 4 atom stereocenters. The van der Waals surface area contributed by atoms with Gasteiger partial charge in [0.1, 0.15) is 5.69 Å². The summed E-state index contributed by atoms with van der Waals surface area (Å²) in [4.78, 5) is 42.9. The summed E-state index contributed by atoms with van der Waals surface area (Å²) in [6.45, 7) is 0.136. The summed E-state index contributed by atoms with van der Waals surface area (Å²) in [5.41, 5.74) is 1.33. The van der Waals surface area contributed by atoms with Gasteiger partial charge in [0, 0.05) is 25.9 Å². The number of aromatic nitrogens is 5. The normalized spacial score (nSPS) is 23.3. The maximum atomic E-state index is 14.0. The summed E-state index contributed by atoms with van der Waals surface area (Å²) in [5, 5.41) is 26.4. The average Bonchev–Trinajstić information content (AvgIpc) is 3.36. The summed E-state index contributed by atoms with van der Waals surface area (Å²) in [7, 11) is 0. The molecular weight excluding hydrogens is 623 g/mol. The Morgan fingerprint density at radius 1 is 1.04 bits per heavy atom. The molecule has 3 N–H and O–H groups in total. The topological polar surface area (TPSA) is 168 Å². The number of carbonyl (C=O) groups is 3. The van der Waals surface area contributed by atoms with Crippen LogP contribution in [0.1, 0.15) is 78.0 Å². The molecule has 18 heteroatoms. The molecule has 2 unspecified atom stereocenters. The van der Waals surface area contributed by atoms with Crippen LogP contribution in [-0.2, 0) is 4.79 Å². The minimum absolute atomic E-state index is 0.0557. The molecule has 3 aliphatic rings. The second-order valence-corrected chi connectivity index (χ2v) is 12.4. The van der Waals surface area contributed by atoms with Gasteiger partial charge in [0.25, 0.3) is 5.91 Å². The van der Waals surface area contributed by atoms with Gasteiger partial charge in [-0.1, -0.05) is 5.16 Å². The van der Waals surface area contributed by atoms with Crippen LogP contribution in [-0.4, -0.2) is 78.0 Å². The molecule has 3 aromatic rings. The Morgan fingerprint density at radius 2 is 1.74 bits per heavy atom. The largest absolute Gasteiger partial charge is 0.465 e. The quantitative estimate of drug-likeness (QED) is 0.303. The maximum absolute atomic E-state index is 14.0. The molecule has 0 aromatic carbocycles. The molecule has 3 amide bonds. The van der Waals surface area contributed by atoms with Crippen LogP contribution in [0.15, 0.2) is 23.1 Å². The molecule has 248 valence electrons. The Balaban J connectivity index is 1.26. The molecule has 1 aliphatic heterocycles. The van der Waals surface area contributed by atoms with Crippen LogP contribution >= 0.6 is 0 Å². The molecule has 4 heterocycles. The van der Waals surface area contributed by atoms with Gasteiger partial charge in [-0.15, -0.1) is 0 Å². The molecule has 2 aliphatic carbocycles. The van der Waals surface area contributed by atoms with Crippen LogP contribution in [0.5, 0.6) is 0 Å². The number of imidazole rings is 1. The number of aryl methyl sites for hydroxylation is 1. The van der Waals surface area contributed by atoms with Crippen LogP contribution < -0.4 is 10.6 Å². The summed E-state index contributed by atoms with van der Waals surface area (Å²) >= 11 is 0. The molecular formula is C28H31F5N8O5. The van der Waals surface area contributed by atoms with E-state index in [9.17, 15) is 41.4 Å². The number of hydrogen-bond acceptors (Lipinski definition) is 8. The van der Waals surface area contributed by atoms with E-state index in [1.165, 1.54) is 17.6 Å². The Morgan fingerprint density at radius 3 is 2.35 bits per heavy atom. The lowest BCUT2D eigenvalue weighted by molar-refractivity contribution is -0.183. The van der Waals surface area contributed by atoms with E-state index in [2.05, 4.69) is 35.7 Å². The molecule has 6 rings (SSSR count). The monoisotopic (exact) mass is 654 g/mol. The van der Waals surface area contributed by atoms with E-state index in [1.807, 2.05) is 0 Å². The van der Waals surface area contributed by atoms with E-state index >= 15 is 0 Å². The number of carbonyl (C=O) groups excluding carboxylic acids is 2. The fourth-order valence-electron chi connectivity index (χ4n) is 6.43. The predicted molar refractivity (Wildman–Crippen MR) is 145 cm³/mol. The third kappa shape index (κ3) is 6.46. The number of carboxylic acid groups (broad SMARTS) is 1. The first kappa shape index (κ1) is 31.6. The Kier molecular flexibility index (Phi) is 8.08. The fraction of sp³-hybridized carbons (Fsp3) is 0.607.